The van der Waals surface area contributed by atoms with E-state index < -0.39 is 5.41 Å². The number of likely N-dealkylation sites (N-methyl/N-ethyl adjacent to an activating group) is 1. The van der Waals surface area contributed by atoms with E-state index in [1.807, 2.05) is 19.2 Å². The maximum absolute atomic E-state index is 13.9. The molecule has 1 saturated heterocycles. The van der Waals surface area contributed by atoms with E-state index in [9.17, 15) is 13.6 Å². The second-order valence-corrected chi connectivity index (χ2v) is 9.03. The van der Waals surface area contributed by atoms with Crippen molar-refractivity contribution in [2.24, 2.45) is 0 Å². The number of H-pyrrole nitrogens is 1. The lowest BCUT2D eigenvalue weighted by Crippen LogP contribution is -2.49. The molecule has 0 saturated carbocycles. The molecule has 0 radical (unpaired) electrons. The molecule has 1 fully saturated rings. The molecule has 4 rings (SSSR count). The van der Waals surface area contributed by atoms with Crippen LogP contribution in [-0.4, -0.2) is 47.8 Å². The summed E-state index contributed by atoms with van der Waals surface area (Å²) in [4.78, 5) is 15.3. The Morgan fingerprint density at radius 2 is 1.79 bits per heavy atom. The quantitative estimate of drug-likeness (QED) is 0.436. The van der Waals surface area contributed by atoms with Crippen LogP contribution in [0.25, 0.3) is 11.3 Å². The molecule has 0 bridgehead atoms. The Bertz CT molecular complexity index is 1090. The van der Waals surface area contributed by atoms with Crippen molar-refractivity contribution in [3.8, 4) is 11.3 Å². The van der Waals surface area contributed by atoms with Crippen LogP contribution in [-0.2, 0) is 21.4 Å². The van der Waals surface area contributed by atoms with E-state index in [-0.39, 0.29) is 17.5 Å². The van der Waals surface area contributed by atoms with Crippen LogP contribution in [0.1, 0.15) is 43.4 Å². The molecule has 2 heterocycles. The number of carbonyl (C=O) groups is 1. The number of aromatic amines is 1. The molecular formula is C27H31F2N3O2. The highest BCUT2D eigenvalue weighted by molar-refractivity contribution is 5.88. The number of carbonyl (C=O) groups excluding carboxylic acids is 1. The van der Waals surface area contributed by atoms with Crippen molar-refractivity contribution in [3.63, 3.8) is 0 Å². The summed E-state index contributed by atoms with van der Waals surface area (Å²) >= 11 is 0. The van der Waals surface area contributed by atoms with Gasteiger partial charge in [0.25, 0.3) is 0 Å². The van der Waals surface area contributed by atoms with Gasteiger partial charge >= 0.3 is 0 Å². The summed E-state index contributed by atoms with van der Waals surface area (Å²) in [7, 11) is 1.84. The molecule has 1 N–H and O–H groups in total. The van der Waals surface area contributed by atoms with Crippen LogP contribution in [0, 0.1) is 11.6 Å². The second-order valence-electron chi connectivity index (χ2n) is 9.03. The summed E-state index contributed by atoms with van der Waals surface area (Å²) in [6, 6.07) is 14.7. The Labute approximate surface area is 199 Å². The number of hydrogen-bond donors (Lipinski definition) is 1. The van der Waals surface area contributed by atoms with E-state index in [0.29, 0.717) is 32.6 Å². The minimum absolute atomic E-state index is 0.0407. The molecule has 1 amide bonds. The van der Waals surface area contributed by atoms with Crippen LogP contribution in [0.5, 0.6) is 0 Å². The second kappa shape index (κ2) is 10.9. The summed E-state index contributed by atoms with van der Waals surface area (Å²) < 4.78 is 32.5. The number of rotatable bonds is 9. The maximum atomic E-state index is 13.9. The summed E-state index contributed by atoms with van der Waals surface area (Å²) in [6.45, 7) is 1.65. The predicted molar refractivity (Wildman–Crippen MR) is 127 cm³/mol. The maximum Gasteiger partial charge on any atom is 0.233 e. The highest BCUT2D eigenvalue weighted by atomic mass is 19.1. The lowest BCUT2D eigenvalue weighted by atomic mass is 9.73. The molecule has 1 aliphatic rings. The topological polar surface area (TPSA) is 58.2 Å². The Hall–Kier alpha value is -3.06. The number of nitrogens with one attached hydrogen (secondary N) is 1. The van der Waals surface area contributed by atoms with E-state index in [1.165, 1.54) is 24.3 Å². The number of aromatic nitrogens is 2. The van der Waals surface area contributed by atoms with Crippen molar-refractivity contribution >= 4 is 5.91 Å². The molecule has 0 aliphatic carbocycles. The molecule has 180 valence electrons. The van der Waals surface area contributed by atoms with E-state index in [2.05, 4.69) is 10.2 Å². The van der Waals surface area contributed by atoms with Gasteiger partial charge in [-0.15, -0.1) is 0 Å². The third kappa shape index (κ3) is 5.53. The van der Waals surface area contributed by atoms with Gasteiger partial charge in [-0.3, -0.25) is 9.89 Å². The first-order valence-corrected chi connectivity index (χ1v) is 11.9. The van der Waals surface area contributed by atoms with Gasteiger partial charge in [0.05, 0.1) is 11.1 Å². The van der Waals surface area contributed by atoms with Crippen molar-refractivity contribution in [1.82, 2.24) is 15.1 Å². The van der Waals surface area contributed by atoms with Gasteiger partial charge in [-0.2, -0.15) is 5.10 Å². The molecule has 0 atom stereocenters. The summed E-state index contributed by atoms with van der Waals surface area (Å²) in [5, 5.41) is 7.38. The fourth-order valence-corrected chi connectivity index (χ4v) is 4.70. The van der Waals surface area contributed by atoms with Gasteiger partial charge in [-0.1, -0.05) is 18.6 Å². The van der Waals surface area contributed by atoms with Crippen LogP contribution in [0.2, 0.25) is 0 Å². The van der Waals surface area contributed by atoms with Crippen LogP contribution >= 0.6 is 0 Å². The first-order chi connectivity index (χ1) is 16.5. The average molecular weight is 468 g/mol. The normalized spacial score (nSPS) is 15.3. The largest absolute Gasteiger partial charge is 0.381 e. The summed E-state index contributed by atoms with van der Waals surface area (Å²) in [5.74, 6) is -0.541. The monoisotopic (exact) mass is 467 g/mol. The van der Waals surface area contributed by atoms with E-state index in [4.69, 9.17) is 4.74 Å². The molecule has 34 heavy (non-hydrogen) atoms. The number of unbranched alkanes of at least 4 members (excludes halogenated alkanes) is 2. The van der Waals surface area contributed by atoms with Crippen molar-refractivity contribution < 1.29 is 18.3 Å². The minimum atomic E-state index is -0.720. The van der Waals surface area contributed by atoms with Gasteiger partial charge < -0.3 is 9.64 Å². The molecule has 1 aliphatic heterocycles. The third-order valence-electron chi connectivity index (χ3n) is 6.69. The first kappa shape index (κ1) is 24.1. The fraction of sp³-hybridized carbons (Fsp3) is 0.407. The minimum Gasteiger partial charge on any atom is -0.381 e. The van der Waals surface area contributed by atoms with Crippen molar-refractivity contribution in [2.75, 3.05) is 26.8 Å². The fourth-order valence-electron chi connectivity index (χ4n) is 4.70. The smallest absolute Gasteiger partial charge is 0.233 e. The van der Waals surface area contributed by atoms with Crippen LogP contribution < -0.4 is 0 Å². The van der Waals surface area contributed by atoms with E-state index >= 15 is 0 Å². The molecule has 3 aromatic rings. The number of nitrogens with zero attached hydrogens (tertiary/aromatic N) is 2. The number of halogens is 2. The number of amides is 1. The zero-order valence-electron chi connectivity index (χ0n) is 19.5. The van der Waals surface area contributed by atoms with E-state index in [0.717, 1.165) is 48.2 Å². The lowest BCUT2D eigenvalue weighted by Gasteiger charge is -2.39. The first-order valence-electron chi connectivity index (χ1n) is 11.9. The Kier molecular flexibility index (Phi) is 7.73. The Morgan fingerprint density at radius 3 is 2.53 bits per heavy atom. The number of ether oxygens (including phenoxy) is 1. The van der Waals surface area contributed by atoms with Gasteiger partial charge in [0.15, 0.2) is 0 Å². The van der Waals surface area contributed by atoms with E-state index in [1.54, 1.807) is 23.1 Å². The van der Waals surface area contributed by atoms with Crippen molar-refractivity contribution in [1.29, 1.82) is 0 Å². The highest BCUT2D eigenvalue weighted by Crippen LogP contribution is 2.37. The number of hydrogen-bond acceptors (Lipinski definition) is 3. The van der Waals surface area contributed by atoms with Gasteiger partial charge in [0.2, 0.25) is 5.91 Å². The molecule has 7 heteroatoms. The standard InChI is InChI=1S/C27H31F2N3O2/c1-32(26(33)27(13-16-34-17-14-27)21-6-5-7-23(29)18-21)15-4-2-3-8-24-19-25(31-30-24)20-9-11-22(28)12-10-20/h5-7,9-12,18-19H,2-4,8,13-17H2,1H3,(H,30,31). The number of benzene rings is 2. The van der Waals surface area contributed by atoms with Gasteiger partial charge in [0.1, 0.15) is 11.6 Å². The van der Waals surface area contributed by atoms with Gasteiger partial charge in [0, 0.05) is 38.1 Å². The molecule has 2 aromatic carbocycles. The SMILES string of the molecule is CN(CCCCCc1cc(-c2ccc(F)cc2)n[nH]1)C(=O)C1(c2cccc(F)c2)CCOCC1. The van der Waals surface area contributed by atoms with Crippen molar-refractivity contribution in [2.45, 2.75) is 43.9 Å². The summed E-state index contributed by atoms with van der Waals surface area (Å²) in [6.07, 6.45) is 4.81. The Morgan fingerprint density at radius 1 is 1.03 bits per heavy atom. The Balaban J connectivity index is 1.27. The zero-order valence-corrected chi connectivity index (χ0v) is 19.5. The van der Waals surface area contributed by atoms with Crippen LogP contribution in [0.3, 0.4) is 0 Å². The zero-order chi connectivity index (χ0) is 24.0. The molecule has 5 nitrogen and oxygen atoms in total. The molecule has 0 unspecified atom stereocenters. The number of aryl methyl sites for hydroxylation is 1. The third-order valence-corrected chi connectivity index (χ3v) is 6.69. The van der Waals surface area contributed by atoms with Gasteiger partial charge in [-0.05, 0) is 80.1 Å². The van der Waals surface area contributed by atoms with Crippen LogP contribution in [0.4, 0.5) is 8.78 Å². The summed E-state index contributed by atoms with van der Waals surface area (Å²) in [5.41, 5.74) is 2.74. The van der Waals surface area contributed by atoms with Crippen molar-refractivity contribution in [3.05, 3.63) is 77.5 Å². The van der Waals surface area contributed by atoms with Crippen LogP contribution in [0.15, 0.2) is 54.6 Å². The molecule has 1 aromatic heterocycles. The lowest BCUT2D eigenvalue weighted by molar-refractivity contribution is -0.140. The average Bonchev–Trinajstić information content (AvgIpc) is 3.33. The molecule has 0 spiro atoms. The highest BCUT2D eigenvalue weighted by Gasteiger charge is 2.43. The predicted octanol–water partition coefficient (Wildman–Crippen LogP) is 5.27. The van der Waals surface area contributed by atoms with Gasteiger partial charge in [-0.25, -0.2) is 8.78 Å². The molecular weight excluding hydrogens is 436 g/mol.